The van der Waals surface area contributed by atoms with Crippen molar-refractivity contribution < 1.29 is 8.42 Å². The highest BCUT2D eigenvalue weighted by Crippen LogP contribution is 2.36. The molecule has 5 rings (SSSR count). The normalized spacial score (nSPS) is 18.5. The van der Waals surface area contributed by atoms with Gasteiger partial charge in [-0.15, -0.1) is 0 Å². The van der Waals surface area contributed by atoms with Gasteiger partial charge in [0.1, 0.15) is 5.82 Å². The second-order valence-corrected chi connectivity index (χ2v) is 15.2. The van der Waals surface area contributed by atoms with Crippen molar-refractivity contribution in [2.75, 3.05) is 66.8 Å². The molecule has 2 saturated heterocycles. The quantitative estimate of drug-likeness (QED) is 0.222. The van der Waals surface area contributed by atoms with E-state index in [0.29, 0.717) is 55.4 Å². The molecule has 2 aromatic carbocycles. The molecule has 238 valence electrons. The molecule has 0 spiro atoms. The molecular weight excluding hydrogens is 687 g/mol. The topological polar surface area (TPSA) is 106 Å². The lowest BCUT2D eigenvalue weighted by Crippen LogP contribution is -2.52. The smallest absolute Gasteiger partial charge is 0.229 e. The van der Waals surface area contributed by atoms with Crippen LogP contribution in [0.25, 0.3) is 0 Å². The molecule has 2 fully saturated rings. The first-order valence-electron chi connectivity index (χ1n) is 14.7. The van der Waals surface area contributed by atoms with E-state index in [-0.39, 0.29) is 0 Å². The number of hydrogen-bond acceptors (Lipinski definition) is 9. The monoisotopic (exact) mass is 724 g/mol. The van der Waals surface area contributed by atoms with E-state index in [1.54, 1.807) is 24.4 Å². The fourth-order valence-electron chi connectivity index (χ4n) is 5.99. The third-order valence-corrected chi connectivity index (χ3v) is 10.0. The minimum Gasteiger partial charge on any atom is -0.371 e. The van der Waals surface area contributed by atoms with Crippen LogP contribution >= 0.6 is 39.1 Å². The van der Waals surface area contributed by atoms with Gasteiger partial charge in [-0.05, 0) is 105 Å². The van der Waals surface area contributed by atoms with E-state index in [2.05, 4.69) is 77.0 Å². The van der Waals surface area contributed by atoms with Crippen LogP contribution in [0.3, 0.4) is 0 Å². The van der Waals surface area contributed by atoms with E-state index in [0.717, 1.165) is 50.0 Å². The Kier molecular flexibility index (Phi) is 10.5. The molecule has 0 aliphatic carbocycles. The second kappa shape index (κ2) is 14.0. The van der Waals surface area contributed by atoms with Crippen LogP contribution in [0.4, 0.5) is 34.5 Å². The van der Waals surface area contributed by atoms with Crippen LogP contribution in [0.1, 0.15) is 31.2 Å². The SMILES string of the molecule is Cc1cc(Nc2ncc(Br)c(Nc3cc(Cl)ccc3NS(C)(=O)=O)n2)c(Cl)cc1N1CCC(N2CCCC(N(C)C)C2)CC1. The fraction of sp³-hybridized carbons (Fsp3) is 0.467. The highest BCUT2D eigenvalue weighted by atomic mass is 79.9. The van der Waals surface area contributed by atoms with Crippen LogP contribution in [0.5, 0.6) is 0 Å². The number of rotatable bonds is 9. The van der Waals surface area contributed by atoms with Crippen LogP contribution in [-0.4, -0.2) is 86.8 Å². The Bertz CT molecular complexity index is 1600. The van der Waals surface area contributed by atoms with Crippen molar-refractivity contribution >= 4 is 83.7 Å². The molecule has 3 heterocycles. The number of aryl methyl sites for hydroxylation is 1. The van der Waals surface area contributed by atoms with Gasteiger partial charge in [0.05, 0.1) is 32.8 Å². The molecule has 1 unspecified atom stereocenters. The lowest BCUT2D eigenvalue weighted by molar-refractivity contribution is 0.0846. The van der Waals surface area contributed by atoms with Crippen LogP contribution in [0.2, 0.25) is 10.0 Å². The van der Waals surface area contributed by atoms with Gasteiger partial charge in [-0.2, -0.15) is 4.98 Å². The highest BCUT2D eigenvalue weighted by Gasteiger charge is 2.30. The molecule has 0 bridgehead atoms. The predicted octanol–water partition coefficient (Wildman–Crippen LogP) is 6.71. The first kappa shape index (κ1) is 33.0. The standard InChI is InChI=1S/C30H39BrCl2N8O2S/c1-19-14-26(24(33)16-28(19)40-12-9-21(10-13-40)41-11-5-6-22(18-41)39(2)3)36-30-34-17-23(31)29(37-30)35-27-15-20(32)7-8-25(27)38-44(4,42)43/h7-8,14-17,21-22,38H,5-6,9-13,18H2,1-4H3,(H2,34,35,36,37). The number of likely N-dealkylation sites (N-methyl/N-ethyl adjacent to an activating group) is 1. The maximum absolute atomic E-state index is 11.9. The zero-order chi connectivity index (χ0) is 31.6. The van der Waals surface area contributed by atoms with Gasteiger partial charge in [-0.1, -0.05) is 23.2 Å². The molecule has 0 radical (unpaired) electrons. The van der Waals surface area contributed by atoms with Crippen LogP contribution in [0, 0.1) is 6.92 Å². The summed E-state index contributed by atoms with van der Waals surface area (Å²) >= 11 is 16.5. The molecule has 0 saturated carbocycles. The summed E-state index contributed by atoms with van der Waals surface area (Å²) in [5, 5.41) is 7.40. The summed E-state index contributed by atoms with van der Waals surface area (Å²) in [5.74, 6) is 0.738. The third-order valence-electron chi connectivity index (χ3n) is 8.29. The lowest BCUT2D eigenvalue weighted by Gasteiger charge is -2.44. The van der Waals surface area contributed by atoms with Crippen molar-refractivity contribution in [3.63, 3.8) is 0 Å². The van der Waals surface area contributed by atoms with E-state index < -0.39 is 10.0 Å². The zero-order valence-electron chi connectivity index (χ0n) is 25.4. The molecule has 3 N–H and O–H groups in total. The summed E-state index contributed by atoms with van der Waals surface area (Å²) in [6.07, 6.45) is 7.54. The second-order valence-electron chi connectivity index (χ2n) is 11.8. The third kappa shape index (κ3) is 8.27. The number of piperidine rings is 2. The van der Waals surface area contributed by atoms with Gasteiger partial charge in [0, 0.05) is 48.6 Å². The van der Waals surface area contributed by atoms with Gasteiger partial charge in [0.15, 0.2) is 0 Å². The molecule has 10 nitrogen and oxygen atoms in total. The molecule has 44 heavy (non-hydrogen) atoms. The number of hydrogen-bond donors (Lipinski definition) is 3. The summed E-state index contributed by atoms with van der Waals surface area (Å²) in [5.41, 5.74) is 3.74. The van der Waals surface area contributed by atoms with Crippen molar-refractivity contribution in [2.24, 2.45) is 0 Å². The highest BCUT2D eigenvalue weighted by molar-refractivity contribution is 9.10. The average molecular weight is 727 g/mol. The lowest BCUT2D eigenvalue weighted by atomic mass is 9.97. The van der Waals surface area contributed by atoms with Crippen molar-refractivity contribution in [3.8, 4) is 0 Å². The Morgan fingerprint density at radius 3 is 2.45 bits per heavy atom. The van der Waals surface area contributed by atoms with Crippen LogP contribution in [0.15, 0.2) is 41.0 Å². The Balaban J connectivity index is 1.27. The molecule has 3 aromatic rings. The molecule has 1 aromatic heterocycles. The Hall–Kier alpha value is -2.35. The molecule has 14 heteroatoms. The number of anilines is 6. The molecule has 1 atom stereocenters. The number of benzene rings is 2. The number of halogens is 3. The molecule has 2 aliphatic rings. The number of nitrogens with zero attached hydrogens (tertiary/aromatic N) is 5. The van der Waals surface area contributed by atoms with Crippen molar-refractivity contribution in [1.29, 1.82) is 0 Å². The van der Waals surface area contributed by atoms with Crippen molar-refractivity contribution in [1.82, 2.24) is 19.8 Å². The van der Waals surface area contributed by atoms with Gasteiger partial charge >= 0.3 is 0 Å². The van der Waals surface area contributed by atoms with Crippen molar-refractivity contribution in [2.45, 2.75) is 44.7 Å². The predicted molar refractivity (Wildman–Crippen MR) is 186 cm³/mol. The maximum Gasteiger partial charge on any atom is 0.229 e. The largest absolute Gasteiger partial charge is 0.371 e. The maximum atomic E-state index is 11.9. The van der Waals surface area contributed by atoms with E-state index >= 15 is 0 Å². The summed E-state index contributed by atoms with van der Waals surface area (Å²) in [4.78, 5) is 16.5. The summed E-state index contributed by atoms with van der Waals surface area (Å²) in [6.45, 7) is 6.47. The van der Waals surface area contributed by atoms with E-state index in [1.807, 2.05) is 12.1 Å². The molecular formula is C30H39BrCl2N8O2S. The Morgan fingerprint density at radius 1 is 1.00 bits per heavy atom. The summed E-state index contributed by atoms with van der Waals surface area (Å²) < 4.78 is 26.8. The zero-order valence-corrected chi connectivity index (χ0v) is 29.3. The van der Waals surface area contributed by atoms with E-state index in [1.165, 1.54) is 19.4 Å². The van der Waals surface area contributed by atoms with Crippen molar-refractivity contribution in [3.05, 3.63) is 56.6 Å². The van der Waals surface area contributed by atoms with E-state index in [9.17, 15) is 8.42 Å². The first-order valence-corrected chi connectivity index (χ1v) is 18.1. The summed E-state index contributed by atoms with van der Waals surface area (Å²) in [6, 6.07) is 10.1. The Morgan fingerprint density at radius 2 is 1.75 bits per heavy atom. The van der Waals surface area contributed by atoms with Gasteiger partial charge in [0.25, 0.3) is 0 Å². The Labute approximate surface area is 278 Å². The number of aromatic nitrogens is 2. The molecule has 0 amide bonds. The minimum absolute atomic E-state index is 0.322. The summed E-state index contributed by atoms with van der Waals surface area (Å²) in [7, 11) is 0.877. The first-order chi connectivity index (χ1) is 20.9. The minimum atomic E-state index is -3.51. The van der Waals surface area contributed by atoms with Gasteiger partial charge in [-0.25, -0.2) is 13.4 Å². The number of likely N-dealkylation sites (tertiary alicyclic amines) is 1. The van der Waals surface area contributed by atoms with Crippen LogP contribution in [-0.2, 0) is 10.0 Å². The van der Waals surface area contributed by atoms with E-state index in [4.69, 9.17) is 23.2 Å². The number of nitrogens with one attached hydrogen (secondary N) is 3. The van der Waals surface area contributed by atoms with Gasteiger partial charge in [-0.3, -0.25) is 9.62 Å². The van der Waals surface area contributed by atoms with Crippen LogP contribution < -0.4 is 20.3 Å². The average Bonchev–Trinajstić information content (AvgIpc) is 2.97. The molecule has 2 aliphatic heterocycles. The van der Waals surface area contributed by atoms with Gasteiger partial charge in [0.2, 0.25) is 16.0 Å². The van der Waals surface area contributed by atoms with Gasteiger partial charge < -0.3 is 20.4 Å². The number of sulfonamides is 1. The fourth-order valence-corrected chi connectivity index (χ4v) is 7.23.